The molecule has 5 rings (SSSR count). The highest BCUT2D eigenvalue weighted by Crippen LogP contribution is 2.24. The molecule has 7 nitrogen and oxygen atoms in total. The summed E-state index contributed by atoms with van der Waals surface area (Å²) in [5, 5.41) is 10.1. The number of hydrogen-bond acceptors (Lipinski definition) is 6. The van der Waals surface area contributed by atoms with E-state index in [-0.39, 0.29) is 11.3 Å². The van der Waals surface area contributed by atoms with E-state index in [1.807, 2.05) is 83.3 Å². The fourth-order valence-corrected chi connectivity index (χ4v) is 5.02. The number of fused-ring (bicyclic) bond motifs is 3. The molecule has 2 aromatic heterocycles. The molecule has 8 heteroatoms. The quantitative estimate of drug-likeness (QED) is 0.169. The number of carbonyl (C=O) groups excluding carboxylic acids is 1. The molecule has 0 aliphatic carbocycles. The minimum atomic E-state index is -0.128. The van der Waals surface area contributed by atoms with Crippen LogP contribution in [0.15, 0.2) is 88.8 Å². The maximum atomic E-state index is 13.4. The lowest BCUT2D eigenvalue weighted by atomic mass is 10.1. The van der Waals surface area contributed by atoms with Crippen molar-refractivity contribution in [3.63, 3.8) is 0 Å². The van der Waals surface area contributed by atoms with Gasteiger partial charge in [0.15, 0.2) is 10.9 Å². The molecule has 0 saturated heterocycles. The molecule has 0 spiro atoms. The summed E-state index contributed by atoms with van der Waals surface area (Å²) in [7, 11) is 1.62. The lowest BCUT2D eigenvalue weighted by Crippen LogP contribution is -2.24. The predicted octanol–water partition coefficient (Wildman–Crippen LogP) is 4.86. The van der Waals surface area contributed by atoms with Crippen molar-refractivity contribution in [3.05, 3.63) is 100 Å². The fourth-order valence-electron chi connectivity index (χ4n) is 4.14. The van der Waals surface area contributed by atoms with Crippen LogP contribution in [0.5, 0.6) is 5.75 Å². The third kappa shape index (κ3) is 4.57. The number of carbonyl (C=O) groups is 1. The first-order chi connectivity index (χ1) is 17.2. The van der Waals surface area contributed by atoms with Crippen LogP contribution in [0, 0.1) is 0 Å². The number of para-hydroxylation sites is 2. The summed E-state index contributed by atoms with van der Waals surface area (Å²) in [6.45, 7) is 0.311. The van der Waals surface area contributed by atoms with E-state index in [9.17, 15) is 9.59 Å². The van der Waals surface area contributed by atoms with E-state index >= 15 is 0 Å². The zero-order valence-electron chi connectivity index (χ0n) is 19.3. The van der Waals surface area contributed by atoms with Crippen LogP contribution in [0.25, 0.3) is 16.7 Å². The van der Waals surface area contributed by atoms with Gasteiger partial charge in [-0.05, 0) is 24.6 Å². The molecule has 0 atom stereocenters. The molecule has 2 heterocycles. The van der Waals surface area contributed by atoms with Gasteiger partial charge in [0.2, 0.25) is 5.78 Å². The first-order valence-electron chi connectivity index (χ1n) is 11.4. The van der Waals surface area contributed by atoms with Gasteiger partial charge in [-0.15, -0.1) is 10.2 Å². The Bertz CT molecular complexity index is 1560. The van der Waals surface area contributed by atoms with E-state index in [0.29, 0.717) is 47.2 Å². The molecule has 3 aromatic carbocycles. The molecule has 35 heavy (non-hydrogen) atoms. The summed E-state index contributed by atoms with van der Waals surface area (Å²) in [6, 6.07) is 24.5. The molecule has 0 fully saturated rings. The normalized spacial score (nSPS) is 11.2. The van der Waals surface area contributed by atoms with Crippen LogP contribution in [0.2, 0.25) is 0 Å². The van der Waals surface area contributed by atoms with E-state index in [1.54, 1.807) is 11.7 Å². The molecule has 0 aliphatic heterocycles. The average Bonchev–Trinajstić information content (AvgIpc) is 3.33. The number of Topliss-reactive ketones (excluding diaryl/α,β-unsaturated/α-hetero) is 1. The third-order valence-electron chi connectivity index (χ3n) is 5.87. The van der Waals surface area contributed by atoms with Crippen LogP contribution in [0.3, 0.4) is 0 Å². The zero-order chi connectivity index (χ0) is 24.2. The monoisotopic (exact) mass is 484 g/mol. The van der Waals surface area contributed by atoms with Gasteiger partial charge < -0.3 is 4.74 Å². The Kier molecular flexibility index (Phi) is 6.63. The van der Waals surface area contributed by atoms with E-state index in [2.05, 4.69) is 10.2 Å². The van der Waals surface area contributed by atoms with Gasteiger partial charge in [-0.25, -0.2) is 0 Å². The maximum Gasteiger partial charge on any atom is 0.263 e. The van der Waals surface area contributed by atoms with Crippen LogP contribution < -0.4 is 10.3 Å². The number of ether oxygens (including phenoxy) is 1. The van der Waals surface area contributed by atoms with Crippen molar-refractivity contribution in [3.8, 4) is 5.75 Å². The largest absolute Gasteiger partial charge is 0.496 e. The summed E-state index contributed by atoms with van der Waals surface area (Å²) >= 11 is 1.53. The molecule has 0 radical (unpaired) electrons. The zero-order valence-corrected chi connectivity index (χ0v) is 20.1. The molecule has 0 N–H and O–H groups in total. The highest BCUT2D eigenvalue weighted by Gasteiger charge is 2.18. The molecule has 0 saturated carbocycles. The van der Waals surface area contributed by atoms with E-state index in [4.69, 9.17) is 4.74 Å². The van der Waals surface area contributed by atoms with E-state index < -0.39 is 0 Å². The maximum absolute atomic E-state index is 13.4. The Balaban J connectivity index is 1.45. The van der Waals surface area contributed by atoms with Gasteiger partial charge in [-0.3, -0.25) is 18.6 Å². The molecule has 176 valence electrons. The van der Waals surface area contributed by atoms with Crippen molar-refractivity contribution in [2.75, 3.05) is 12.9 Å². The highest BCUT2D eigenvalue weighted by atomic mass is 32.2. The first kappa shape index (κ1) is 22.9. The Labute approximate surface area is 206 Å². The third-order valence-corrected chi connectivity index (χ3v) is 6.89. The average molecular weight is 485 g/mol. The van der Waals surface area contributed by atoms with Gasteiger partial charge in [0.05, 0.1) is 24.6 Å². The van der Waals surface area contributed by atoms with E-state index in [0.717, 1.165) is 16.6 Å². The summed E-state index contributed by atoms with van der Waals surface area (Å²) in [5.74, 6) is 2.03. The second kappa shape index (κ2) is 10.1. The van der Waals surface area contributed by atoms with Crippen LogP contribution in [-0.4, -0.2) is 37.8 Å². The Morgan fingerprint density at radius 2 is 1.69 bits per heavy atom. The van der Waals surface area contributed by atoms with Crippen molar-refractivity contribution in [2.24, 2.45) is 0 Å². The second-order valence-corrected chi connectivity index (χ2v) is 9.14. The lowest BCUT2D eigenvalue weighted by Gasteiger charge is -2.13. The summed E-state index contributed by atoms with van der Waals surface area (Å²) in [5.41, 5.74) is 2.25. The minimum absolute atomic E-state index is 0.128. The van der Waals surface area contributed by atoms with Gasteiger partial charge in [0.25, 0.3) is 5.56 Å². The number of aromatic nitrogens is 4. The Hall–Kier alpha value is -3.91. The van der Waals surface area contributed by atoms with Gasteiger partial charge in [0.1, 0.15) is 5.75 Å². The van der Waals surface area contributed by atoms with Crippen molar-refractivity contribution in [2.45, 2.75) is 24.5 Å². The predicted molar refractivity (Wildman–Crippen MR) is 138 cm³/mol. The van der Waals surface area contributed by atoms with Gasteiger partial charge in [0, 0.05) is 23.3 Å². The molecule has 0 aliphatic rings. The summed E-state index contributed by atoms with van der Waals surface area (Å²) in [4.78, 5) is 25.8. The van der Waals surface area contributed by atoms with Crippen molar-refractivity contribution < 1.29 is 9.53 Å². The molecular weight excluding hydrogens is 460 g/mol. The number of ketones is 1. The van der Waals surface area contributed by atoms with Gasteiger partial charge in [-0.2, -0.15) is 0 Å². The van der Waals surface area contributed by atoms with Gasteiger partial charge >= 0.3 is 0 Å². The van der Waals surface area contributed by atoms with Crippen LogP contribution in [-0.2, 0) is 6.54 Å². The van der Waals surface area contributed by atoms with Crippen LogP contribution in [0.1, 0.15) is 28.8 Å². The fraction of sp³-hybridized carbons (Fsp3) is 0.185. The van der Waals surface area contributed by atoms with Gasteiger partial charge in [-0.1, -0.05) is 72.4 Å². The second-order valence-electron chi connectivity index (χ2n) is 8.08. The minimum Gasteiger partial charge on any atom is -0.496 e. The number of thioether (sulfide) groups is 1. The van der Waals surface area contributed by atoms with Crippen molar-refractivity contribution >= 4 is 34.2 Å². The SMILES string of the molecule is COc1ccccc1Cn1c(=O)c2ccccc2n2c(SCCCC(=O)c3ccccc3)nnc12. The van der Waals surface area contributed by atoms with Crippen molar-refractivity contribution in [1.82, 2.24) is 19.2 Å². The lowest BCUT2D eigenvalue weighted by molar-refractivity contribution is 0.0982. The molecular formula is C27H24N4O3S. The standard InChI is InChI=1S/C27H24N4O3S/c1-34-24-16-8-5-12-20(24)18-30-25(33)21-13-6-7-14-22(21)31-26(30)28-29-27(31)35-17-9-15-23(32)19-10-3-2-4-11-19/h2-8,10-14,16H,9,15,17-18H2,1H3. The van der Waals surface area contributed by atoms with Crippen molar-refractivity contribution in [1.29, 1.82) is 0 Å². The number of benzene rings is 3. The van der Waals surface area contributed by atoms with Crippen LogP contribution in [0.4, 0.5) is 0 Å². The number of rotatable bonds is 9. The highest BCUT2D eigenvalue weighted by molar-refractivity contribution is 7.99. The van der Waals surface area contributed by atoms with E-state index in [1.165, 1.54) is 11.8 Å². The molecule has 0 unspecified atom stereocenters. The topological polar surface area (TPSA) is 78.5 Å². The molecule has 0 bridgehead atoms. The number of nitrogens with zero attached hydrogens (tertiary/aromatic N) is 4. The number of methoxy groups -OCH3 is 1. The smallest absolute Gasteiger partial charge is 0.263 e. The summed E-state index contributed by atoms with van der Waals surface area (Å²) in [6.07, 6.45) is 1.18. The summed E-state index contributed by atoms with van der Waals surface area (Å²) < 4.78 is 9.05. The first-order valence-corrected chi connectivity index (χ1v) is 12.4. The van der Waals surface area contributed by atoms with Crippen LogP contribution >= 0.6 is 11.8 Å². The Morgan fingerprint density at radius 1 is 0.943 bits per heavy atom. The molecule has 0 amide bonds. The Morgan fingerprint density at radius 3 is 2.51 bits per heavy atom. The molecule has 5 aromatic rings. The number of hydrogen-bond donors (Lipinski definition) is 0.